The first-order chi connectivity index (χ1) is 9.02. The molecule has 8 nitrogen and oxygen atoms in total. The monoisotopic (exact) mass is 265 g/mol. The molecule has 3 unspecified atom stereocenters. The van der Waals surface area contributed by atoms with E-state index in [4.69, 9.17) is 5.53 Å². The molecule has 1 aromatic heterocycles. The van der Waals surface area contributed by atoms with Crippen molar-refractivity contribution < 1.29 is 5.11 Å². The van der Waals surface area contributed by atoms with E-state index < -0.39 is 17.4 Å². The fraction of sp³-hybridized carbons (Fsp3) is 0.636. The van der Waals surface area contributed by atoms with E-state index in [9.17, 15) is 14.7 Å². The van der Waals surface area contributed by atoms with E-state index in [1.165, 1.54) is 10.8 Å². The molecule has 0 amide bonds. The van der Waals surface area contributed by atoms with E-state index >= 15 is 0 Å². The Kier molecular flexibility index (Phi) is 3.73. The molecule has 3 atom stereocenters. The van der Waals surface area contributed by atoms with E-state index in [-0.39, 0.29) is 18.5 Å². The lowest BCUT2D eigenvalue weighted by Crippen LogP contribution is -2.32. The second-order valence-electron chi connectivity index (χ2n) is 4.84. The number of aliphatic hydroxyl groups is 1. The summed E-state index contributed by atoms with van der Waals surface area (Å²) in [7, 11) is 0. The summed E-state index contributed by atoms with van der Waals surface area (Å²) in [5.41, 5.74) is 7.87. The molecule has 102 valence electrons. The van der Waals surface area contributed by atoms with Gasteiger partial charge >= 0.3 is 5.69 Å². The highest BCUT2D eigenvalue weighted by Crippen LogP contribution is 2.34. The maximum absolute atomic E-state index is 11.8. The van der Waals surface area contributed by atoms with Gasteiger partial charge in [-0.1, -0.05) is 5.11 Å². The lowest BCUT2D eigenvalue weighted by atomic mass is 10.1. The second-order valence-corrected chi connectivity index (χ2v) is 4.84. The number of hydrogen-bond donors (Lipinski definition) is 2. The van der Waals surface area contributed by atoms with Crippen molar-refractivity contribution in [2.75, 3.05) is 6.54 Å². The molecule has 1 aliphatic carbocycles. The minimum Gasteiger partial charge on any atom is -0.393 e. The Bertz CT molecular complexity index is 628. The summed E-state index contributed by atoms with van der Waals surface area (Å²) in [4.78, 5) is 28.0. The first kappa shape index (κ1) is 13.4. The van der Waals surface area contributed by atoms with E-state index in [1.807, 2.05) is 0 Å². The molecule has 1 heterocycles. The van der Waals surface area contributed by atoms with Gasteiger partial charge in [0.1, 0.15) is 0 Å². The fourth-order valence-corrected chi connectivity index (χ4v) is 2.50. The van der Waals surface area contributed by atoms with Gasteiger partial charge in [-0.2, -0.15) is 0 Å². The Morgan fingerprint density at radius 2 is 2.32 bits per heavy atom. The average molecular weight is 265 g/mol. The number of nitrogens with one attached hydrogen (secondary N) is 1. The SMILES string of the molecule is Cc1cn(C2CC(O)C(CN=[N+]=[N-])C2)c(=O)[nH]c1=O. The van der Waals surface area contributed by atoms with Gasteiger partial charge in [-0.25, -0.2) is 4.79 Å². The number of hydrogen-bond acceptors (Lipinski definition) is 4. The standard InChI is InChI=1S/C11H15N5O3/c1-6-5-16(11(19)14-10(6)18)8-2-7(4-13-15-12)9(17)3-8/h5,7-9,17H,2-4H2,1H3,(H,14,18,19). The number of aryl methyl sites for hydroxylation is 1. The quantitative estimate of drug-likeness (QED) is 0.468. The number of rotatable bonds is 3. The van der Waals surface area contributed by atoms with Crippen LogP contribution in [0.5, 0.6) is 0 Å². The summed E-state index contributed by atoms with van der Waals surface area (Å²) in [5, 5.41) is 13.4. The molecule has 1 aromatic rings. The van der Waals surface area contributed by atoms with E-state index in [1.54, 1.807) is 6.92 Å². The van der Waals surface area contributed by atoms with Crippen molar-refractivity contribution in [1.29, 1.82) is 0 Å². The maximum atomic E-state index is 11.8. The molecule has 1 saturated carbocycles. The van der Waals surface area contributed by atoms with Crippen LogP contribution in [0.15, 0.2) is 20.9 Å². The summed E-state index contributed by atoms with van der Waals surface area (Å²) in [6.07, 6.45) is 1.87. The Balaban J connectivity index is 2.25. The Morgan fingerprint density at radius 3 is 3.00 bits per heavy atom. The van der Waals surface area contributed by atoms with Crippen LogP contribution >= 0.6 is 0 Å². The largest absolute Gasteiger partial charge is 0.393 e. The lowest BCUT2D eigenvalue weighted by Gasteiger charge is -2.13. The van der Waals surface area contributed by atoms with Crippen LogP contribution in [0, 0.1) is 12.8 Å². The van der Waals surface area contributed by atoms with Gasteiger partial charge in [-0.15, -0.1) is 0 Å². The molecule has 0 saturated heterocycles. The Labute approximate surface area is 108 Å². The molecule has 0 aromatic carbocycles. The van der Waals surface area contributed by atoms with Gasteiger partial charge in [-0.3, -0.25) is 14.3 Å². The zero-order chi connectivity index (χ0) is 14.0. The van der Waals surface area contributed by atoms with Gasteiger partial charge < -0.3 is 5.11 Å². The van der Waals surface area contributed by atoms with Gasteiger partial charge in [-0.05, 0) is 31.2 Å². The molecule has 8 heteroatoms. The smallest absolute Gasteiger partial charge is 0.328 e. The van der Waals surface area contributed by atoms with Crippen molar-refractivity contribution >= 4 is 0 Å². The highest BCUT2D eigenvalue weighted by molar-refractivity contribution is 5.03. The molecule has 0 bridgehead atoms. The number of H-pyrrole nitrogens is 1. The molecule has 1 fully saturated rings. The summed E-state index contributed by atoms with van der Waals surface area (Å²) >= 11 is 0. The molecule has 2 N–H and O–H groups in total. The van der Waals surface area contributed by atoms with Gasteiger partial charge in [0.25, 0.3) is 5.56 Å². The van der Waals surface area contributed by atoms with Crippen LogP contribution < -0.4 is 11.2 Å². The molecule has 1 aliphatic rings. The minimum absolute atomic E-state index is 0.153. The van der Waals surface area contributed by atoms with Crippen molar-refractivity contribution in [2.45, 2.75) is 31.9 Å². The van der Waals surface area contributed by atoms with Crippen LogP contribution in [0.3, 0.4) is 0 Å². The molecule has 0 spiro atoms. The topological polar surface area (TPSA) is 124 Å². The lowest BCUT2D eigenvalue weighted by molar-refractivity contribution is 0.135. The van der Waals surface area contributed by atoms with Crippen LogP contribution in [-0.2, 0) is 0 Å². The molecule has 0 aliphatic heterocycles. The molecule has 0 radical (unpaired) electrons. The predicted molar refractivity (Wildman–Crippen MR) is 67.8 cm³/mol. The van der Waals surface area contributed by atoms with E-state index in [2.05, 4.69) is 15.0 Å². The third kappa shape index (κ3) is 2.69. The Morgan fingerprint density at radius 1 is 1.58 bits per heavy atom. The molecular formula is C11H15N5O3. The normalized spacial score (nSPS) is 26.1. The number of aliphatic hydroxyl groups excluding tert-OH is 1. The first-order valence-corrected chi connectivity index (χ1v) is 6.04. The van der Waals surface area contributed by atoms with Crippen LogP contribution in [0.4, 0.5) is 0 Å². The van der Waals surface area contributed by atoms with Gasteiger partial charge in [0.05, 0.1) is 6.10 Å². The van der Waals surface area contributed by atoms with Crippen molar-refractivity contribution in [3.8, 4) is 0 Å². The number of nitrogens with zero attached hydrogens (tertiary/aromatic N) is 4. The zero-order valence-electron chi connectivity index (χ0n) is 10.5. The summed E-state index contributed by atoms with van der Waals surface area (Å²) in [5.74, 6) is -0.153. The number of aromatic amines is 1. The average Bonchev–Trinajstić information content (AvgIpc) is 2.72. The molecule has 19 heavy (non-hydrogen) atoms. The van der Waals surface area contributed by atoms with Crippen molar-refractivity contribution in [2.24, 2.45) is 11.0 Å². The summed E-state index contributed by atoms with van der Waals surface area (Å²) < 4.78 is 1.44. The maximum Gasteiger partial charge on any atom is 0.328 e. The number of aromatic nitrogens is 2. The highest BCUT2D eigenvalue weighted by Gasteiger charge is 2.33. The van der Waals surface area contributed by atoms with Crippen molar-refractivity contribution in [1.82, 2.24) is 9.55 Å². The van der Waals surface area contributed by atoms with E-state index in [0.717, 1.165) is 0 Å². The second kappa shape index (κ2) is 5.29. The summed E-state index contributed by atoms with van der Waals surface area (Å²) in [6.45, 7) is 1.84. The fourth-order valence-electron chi connectivity index (χ4n) is 2.50. The first-order valence-electron chi connectivity index (χ1n) is 6.04. The van der Waals surface area contributed by atoms with Crippen molar-refractivity contribution in [3.05, 3.63) is 43.0 Å². The number of azide groups is 1. The van der Waals surface area contributed by atoms with Crippen LogP contribution in [0.1, 0.15) is 24.4 Å². The van der Waals surface area contributed by atoms with Crippen molar-refractivity contribution in [3.63, 3.8) is 0 Å². The minimum atomic E-state index is -0.602. The highest BCUT2D eigenvalue weighted by atomic mass is 16.3. The Hall–Kier alpha value is -2.05. The van der Waals surface area contributed by atoms with Gasteiger partial charge in [0.2, 0.25) is 0 Å². The van der Waals surface area contributed by atoms with Gasteiger partial charge in [0.15, 0.2) is 0 Å². The van der Waals surface area contributed by atoms with Crippen LogP contribution in [0.25, 0.3) is 10.4 Å². The third-order valence-corrected chi connectivity index (χ3v) is 3.55. The van der Waals surface area contributed by atoms with Crippen LogP contribution in [-0.4, -0.2) is 27.3 Å². The summed E-state index contributed by atoms with van der Waals surface area (Å²) in [6, 6.07) is -0.183. The molecule has 2 rings (SSSR count). The van der Waals surface area contributed by atoms with Crippen LogP contribution in [0.2, 0.25) is 0 Å². The molecular weight excluding hydrogens is 250 g/mol. The van der Waals surface area contributed by atoms with E-state index in [0.29, 0.717) is 18.4 Å². The zero-order valence-corrected chi connectivity index (χ0v) is 10.5. The van der Waals surface area contributed by atoms with Gasteiger partial charge in [0, 0.05) is 29.3 Å². The third-order valence-electron chi connectivity index (χ3n) is 3.55. The predicted octanol–water partition coefficient (Wildman–Crippen LogP) is 0.467.